The Morgan fingerprint density at radius 1 is 0.892 bits per heavy atom. The third-order valence-corrected chi connectivity index (χ3v) is 7.07. The summed E-state index contributed by atoms with van der Waals surface area (Å²) in [6, 6.07) is 18.5. The van der Waals surface area contributed by atoms with Gasteiger partial charge in [-0.25, -0.2) is 4.98 Å². The molecule has 2 aromatic heterocycles. The van der Waals surface area contributed by atoms with Crippen LogP contribution in [-0.4, -0.2) is 65.4 Å². The monoisotopic (exact) mass is 498 g/mol. The zero-order valence-corrected chi connectivity index (χ0v) is 20.9. The van der Waals surface area contributed by atoms with E-state index < -0.39 is 0 Å². The summed E-state index contributed by atoms with van der Waals surface area (Å²) in [6.45, 7) is 1.58. The molecule has 2 fully saturated rings. The molecule has 2 aliphatic heterocycles. The predicted octanol–water partition coefficient (Wildman–Crippen LogP) is 4.76. The molecular weight excluding hydrogens is 468 g/mol. The predicted molar refractivity (Wildman–Crippen MR) is 143 cm³/mol. The average molecular weight is 499 g/mol. The van der Waals surface area contributed by atoms with Crippen molar-refractivity contribution in [2.75, 3.05) is 38.0 Å². The molecule has 9 heteroatoms. The van der Waals surface area contributed by atoms with Crippen molar-refractivity contribution in [3.63, 3.8) is 0 Å². The molecule has 0 unspecified atom stereocenters. The van der Waals surface area contributed by atoms with Crippen LogP contribution in [0.4, 0.5) is 23.1 Å². The fourth-order valence-electron chi connectivity index (χ4n) is 5.01. The topological polar surface area (TPSA) is 93.7 Å². The largest absolute Gasteiger partial charge is 0.497 e. The van der Waals surface area contributed by atoms with Gasteiger partial charge in [0, 0.05) is 48.3 Å². The lowest BCUT2D eigenvalue weighted by atomic mass is 9.92. The number of pyridine rings is 1. The van der Waals surface area contributed by atoms with Gasteiger partial charge in [0.25, 0.3) is 0 Å². The highest BCUT2D eigenvalue weighted by atomic mass is 16.5. The Balaban J connectivity index is 1.08. The Morgan fingerprint density at radius 3 is 2.46 bits per heavy atom. The Hall–Kier alpha value is -3.95. The number of piperidine rings is 1. The lowest BCUT2D eigenvalue weighted by molar-refractivity contribution is -0.0879. The molecule has 0 saturated carbocycles. The number of benzene rings is 2. The molecule has 0 radical (unpaired) electrons. The average Bonchev–Trinajstić information content (AvgIpc) is 2.90. The molecule has 0 spiro atoms. The van der Waals surface area contributed by atoms with E-state index in [0.717, 1.165) is 59.8 Å². The molecule has 2 aliphatic rings. The quantitative estimate of drug-likeness (QED) is 0.374. The van der Waals surface area contributed by atoms with E-state index in [1.807, 2.05) is 54.6 Å². The minimum Gasteiger partial charge on any atom is -0.497 e. The van der Waals surface area contributed by atoms with Crippen molar-refractivity contribution in [3.05, 3.63) is 67.0 Å². The van der Waals surface area contributed by atoms with Gasteiger partial charge in [0.15, 0.2) is 0 Å². The van der Waals surface area contributed by atoms with Gasteiger partial charge in [-0.05, 0) is 55.6 Å². The highest BCUT2D eigenvalue weighted by Gasteiger charge is 2.37. The fourth-order valence-corrected chi connectivity index (χ4v) is 5.01. The van der Waals surface area contributed by atoms with Gasteiger partial charge in [-0.15, -0.1) is 0 Å². The molecule has 0 aliphatic carbocycles. The van der Waals surface area contributed by atoms with Crippen LogP contribution in [0.15, 0.2) is 67.0 Å². The number of hydrogen-bond donors (Lipinski definition) is 2. The van der Waals surface area contributed by atoms with Crippen molar-refractivity contribution in [2.45, 2.75) is 31.0 Å². The SMILES string of the molecule is COc1ccc2cc(Nc3ccnc(Nc4ccc(OC5C[C@@H]6COC[C@@H](C5)N6C)cc4)n3)cnc2c1. The maximum atomic E-state index is 6.31. The first-order valence-electron chi connectivity index (χ1n) is 12.5. The van der Waals surface area contributed by atoms with Crippen LogP contribution in [0.3, 0.4) is 0 Å². The number of rotatable bonds is 7. The minimum absolute atomic E-state index is 0.214. The molecule has 190 valence electrons. The second-order valence-electron chi connectivity index (χ2n) is 9.54. The molecule has 0 amide bonds. The fraction of sp³-hybridized carbons (Fsp3) is 0.321. The molecule has 4 heterocycles. The van der Waals surface area contributed by atoms with Crippen molar-refractivity contribution in [1.29, 1.82) is 0 Å². The van der Waals surface area contributed by atoms with Crippen LogP contribution in [0.2, 0.25) is 0 Å². The highest BCUT2D eigenvalue weighted by molar-refractivity contribution is 5.83. The molecular formula is C28H30N6O3. The lowest BCUT2D eigenvalue weighted by Crippen LogP contribution is -2.57. The molecule has 4 aromatic rings. The number of fused-ring (bicyclic) bond motifs is 3. The third kappa shape index (κ3) is 5.28. The van der Waals surface area contributed by atoms with E-state index in [9.17, 15) is 0 Å². The summed E-state index contributed by atoms with van der Waals surface area (Å²) in [5.41, 5.74) is 2.60. The highest BCUT2D eigenvalue weighted by Crippen LogP contribution is 2.30. The first-order chi connectivity index (χ1) is 18.1. The van der Waals surface area contributed by atoms with Crippen LogP contribution >= 0.6 is 0 Å². The van der Waals surface area contributed by atoms with Crippen LogP contribution < -0.4 is 20.1 Å². The van der Waals surface area contributed by atoms with Crippen molar-refractivity contribution in [1.82, 2.24) is 19.9 Å². The number of likely N-dealkylation sites (N-methyl/N-ethyl adjacent to an activating group) is 1. The summed E-state index contributed by atoms with van der Waals surface area (Å²) in [7, 11) is 3.84. The molecule has 2 saturated heterocycles. The Bertz CT molecular complexity index is 1370. The van der Waals surface area contributed by atoms with Gasteiger partial charge < -0.3 is 24.8 Å². The lowest BCUT2D eigenvalue weighted by Gasteiger charge is -2.46. The zero-order valence-electron chi connectivity index (χ0n) is 20.9. The molecule has 9 nitrogen and oxygen atoms in total. The minimum atomic E-state index is 0.214. The van der Waals surface area contributed by atoms with Crippen LogP contribution in [0.5, 0.6) is 11.5 Å². The van der Waals surface area contributed by atoms with Gasteiger partial charge in [-0.2, -0.15) is 4.98 Å². The molecule has 6 rings (SSSR count). The van der Waals surface area contributed by atoms with E-state index in [1.165, 1.54) is 0 Å². The van der Waals surface area contributed by atoms with Crippen LogP contribution in [0, 0.1) is 0 Å². The number of hydrogen-bond acceptors (Lipinski definition) is 9. The number of anilines is 4. The smallest absolute Gasteiger partial charge is 0.229 e. The summed E-state index contributed by atoms with van der Waals surface area (Å²) in [5, 5.41) is 7.59. The molecule has 2 N–H and O–H groups in total. The van der Waals surface area contributed by atoms with Crippen LogP contribution in [0.1, 0.15) is 12.8 Å². The first-order valence-corrected chi connectivity index (χ1v) is 12.5. The number of aromatic nitrogens is 3. The summed E-state index contributed by atoms with van der Waals surface area (Å²) in [6.07, 6.45) is 5.69. The summed E-state index contributed by atoms with van der Waals surface area (Å²) < 4.78 is 17.3. The van der Waals surface area contributed by atoms with E-state index in [0.29, 0.717) is 23.8 Å². The van der Waals surface area contributed by atoms with E-state index in [2.05, 4.69) is 37.5 Å². The van der Waals surface area contributed by atoms with E-state index in [-0.39, 0.29) is 6.10 Å². The Morgan fingerprint density at radius 2 is 1.68 bits per heavy atom. The summed E-state index contributed by atoms with van der Waals surface area (Å²) in [4.78, 5) is 15.9. The van der Waals surface area contributed by atoms with Gasteiger partial charge in [-0.3, -0.25) is 9.88 Å². The third-order valence-electron chi connectivity index (χ3n) is 7.07. The van der Waals surface area contributed by atoms with Gasteiger partial charge >= 0.3 is 0 Å². The van der Waals surface area contributed by atoms with Crippen molar-refractivity contribution < 1.29 is 14.2 Å². The number of morpholine rings is 1. The van der Waals surface area contributed by atoms with Crippen LogP contribution in [0.25, 0.3) is 10.9 Å². The molecule has 2 bridgehead atoms. The molecule has 2 aromatic carbocycles. The number of nitrogens with zero attached hydrogens (tertiary/aromatic N) is 4. The number of ether oxygens (including phenoxy) is 3. The van der Waals surface area contributed by atoms with E-state index in [1.54, 1.807) is 19.5 Å². The van der Waals surface area contributed by atoms with E-state index >= 15 is 0 Å². The molecule has 37 heavy (non-hydrogen) atoms. The molecule has 2 atom stereocenters. The number of methoxy groups -OCH3 is 1. The Labute approximate surface area is 215 Å². The summed E-state index contributed by atoms with van der Waals surface area (Å²) >= 11 is 0. The van der Waals surface area contributed by atoms with Crippen molar-refractivity contribution in [2.24, 2.45) is 0 Å². The van der Waals surface area contributed by atoms with Gasteiger partial charge in [0.2, 0.25) is 5.95 Å². The maximum Gasteiger partial charge on any atom is 0.229 e. The van der Waals surface area contributed by atoms with Crippen molar-refractivity contribution in [3.8, 4) is 11.5 Å². The van der Waals surface area contributed by atoms with Gasteiger partial charge in [0.05, 0.1) is 37.7 Å². The normalized spacial score (nSPS) is 21.4. The maximum absolute atomic E-state index is 6.31. The standard InChI is InChI=1S/C28H30N6O3/c1-34-21-12-25(13-22(34)17-36-16-21)37-23-7-4-19(5-8-23)32-28-29-10-9-27(33-28)31-20-11-18-3-6-24(35-2)14-26(18)30-15-20/h3-11,14-15,21-22,25H,12-13,16-17H2,1-2H3,(H2,29,31,32,33)/t21-,22-/m1/s1. The van der Waals surface area contributed by atoms with E-state index in [4.69, 9.17) is 14.2 Å². The zero-order chi connectivity index (χ0) is 25.2. The second-order valence-corrected chi connectivity index (χ2v) is 9.54. The second kappa shape index (κ2) is 10.2. The summed E-state index contributed by atoms with van der Waals surface area (Å²) in [5.74, 6) is 2.83. The van der Waals surface area contributed by atoms with Gasteiger partial charge in [-0.1, -0.05) is 0 Å². The number of nitrogens with one attached hydrogen (secondary N) is 2. The van der Waals surface area contributed by atoms with Gasteiger partial charge in [0.1, 0.15) is 23.4 Å². The van der Waals surface area contributed by atoms with Crippen LogP contribution in [-0.2, 0) is 4.74 Å². The van der Waals surface area contributed by atoms with Crippen molar-refractivity contribution >= 4 is 34.0 Å². The first kappa shape index (κ1) is 23.4. The Kier molecular flexibility index (Phi) is 6.46.